The fraction of sp³-hybridized carbons (Fsp3) is 0.471. The topological polar surface area (TPSA) is 17.1 Å². The molecule has 1 fully saturated rings. The Morgan fingerprint density at radius 3 is 2.67 bits per heavy atom. The monoisotopic (exact) mass is 242 g/mol. The van der Waals surface area contributed by atoms with Gasteiger partial charge in [0.15, 0.2) is 0 Å². The van der Waals surface area contributed by atoms with Crippen molar-refractivity contribution in [1.29, 1.82) is 0 Å². The quantitative estimate of drug-likeness (QED) is 0.727. The molecule has 0 N–H and O–H groups in total. The standard InChI is InChI=1S/C17H22O/c1-13-9-16(14(2)18)12-17(3,10-13)11-15-7-5-4-6-8-15/h4-8,16H,1,9-12H2,2-3H3. The SMILES string of the molecule is C=C1CC(C(C)=O)CC(C)(Cc2ccccc2)C1. The average molecular weight is 242 g/mol. The Labute approximate surface area is 110 Å². The van der Waals surface area contributed by atoms with Crippen LogP contribution in [0.3, 0.4) is 0 Å². The molecule has 0 amide bonds. The van der Waals surface area contributed by atoms with Gasteiger partial charge in [0, 0.05) is 5.92 Å². The summed E-state index contributed by atoms with van der Waals surface area (Å²) < 4.78 is 0. The highest BCUT2D eigenvalue weighted by molar-refractivity contribution is 5.78. The van der Waals surface area contributed by atoms with Gasteiger partial charge in [0.1, 0.15) is 5.78 Å². The third kappa shape index (κ3) is 3.10. The van der Waals surface area contributed by atoms with E-state index in [1.165, 1.54) is 11.1 Å². The van der Waals surface area contributed by atoms with E-state index in [0.29, 0.717) is 5.78 Å². The summed E-state index contributed by atoms with van der Waals surface area (Å²) in [4.78, 5) is 11.6. The first-order valence-electron chi connectivity index (χ1n) is 6.69. The minimum absolute atomic E-state index is 0.181. The van der Waals surface area contributed by atoms with Crippen molar-refractivity contribution < 1.29 is 4.79 Å². The summed E-state index contributed by atoms with van der Waals surface area (Å²) in [7, 11) is 0. The normalized spacial score (nSPS) is 28.1. The van der Waals surface area contributed by atoms with Crippen LogP contribution in [0.1, 0.15) is 38.7 Å². The summed E-state index contributed by atoms with van der Waals surface area (Å²) >= 11 is 0. The predicted octanol–water partition coefficient (Wildman–Crippen LogP) is 4.18. The highest BCUT2D eigenvalue weighted by Gasteiger charge is 2.35. The Balaban J connectivity index is 2.14. The van der Waals surface area contributed by atoms with Crippen molar-refractivity contribution in [2.75, 3.05) is 0 Å². The molecular formula is C17H22O. The van der Waals surface area contributed by atoms with E-state index in [0.717, 1.165) is 25.7 Å². The highest BCUT2D eigenvalue weighted by atomic mass is 16.1. The lowest BCUT2D eigenvalue weighted by molar-refractivity contribution is -0.122. The molecule has 2 atom stereocenters. The van der Waals surface area contributed by atoms with Crippen LogP contribution in [-0.2, 0) is 11.2 Å². The van der Waals surface area contributed by atoms with Crippen LogP contribution in [0.15, 0.2) is 42.5 Å². The van der Waals surface area contributed by atoms with Gasteiger partial charge in [0.2, 0.25) is 0 Å². The number of Topliss-reactive ketones (excluding diaryl/α,β-unsaturated/α-hetero) is 1. The molecule has 0 bridgehead atoms. The maximum Gasteiger partial charge on any atom is 0.133 e. The highest BCUT2D eigenvalue weighted by Crippen LogP contribution is 2.43. The Bertz CT molecular complexity index is 446. The van der Waals surface area contributed by atoms with E-state index < -0.39 is 0 Å². The molecule has 0 aliphatic heterocycles. The van der Waals surface area contributed by atoms with Crippen LogP contribution < -0.4 is 0 Å². The minimum Gasteiger partial charge on any atom is -0.300 e. The van der Waals surface area contributed by atoms with E-state index in [1.807, 2.05) is 6.07 Å². The number of allylic oxidation sites excluding steroid dienone is 1. The van der Waals surface area contributed by atoms with Gasteiger partial charge >= 0.3 is 0 Å². The maximum absolute atomic E-state index is 11.6. The lowest BCUT2D eigenvalue weighted by Crippen LogP contribution is -2.31. The number of carbonyl (C=O) groups excluding carboxylic acids is 1. The van der Waals surface area contributed by atoms with E-state index in [1.54, 1.807) is 6.92 Å². The first-order valence-corrected chi connectivity index (χ1v) is 6.69. The van der Waals surface area contributed by atoms with Crippen LogP contribution in [0, 0.1) is 11.3 Å². The van der Waals surface area contributed by atoms with Crippen LogP contribution in [0.25, 0.3) is 0 Å². The molecule has 0 saturated heterocycles. The Kier molecular flexibility index (Phi) is 3.70. The molecule has 1 heteroatoms. The number of ketones is 1. The average Bonchev–Trinajstić information content (AvgIpc) is 2.28. The predicted molar refractivity (Wildman–Crippen MR) is 75.4 cm³/mol. The molecule has 1 nitrogen and oxygen atoms in total. The van der Waals surface area contributed by atoms with Crippen molar-refractivity contribution >= 4 is 5.78 Å². The van der Waals surface area contributed by atoms with Gasteiger partial charge in [-0.05, 0) is 43.6 Å². The second-order valence-electron chi connectivity index (χ2n) is 6.12. The molecule has 1 aromatic rings. The number of carbonyl (C=O) groups is 1. The molecule has 1 aromatic carbocycles. The lowest BCUT2D eigenvalue weighted by atomic mass is 9.65. The first kappa shape index (κ1) is 13.1. The van der Waals surface area contributed by atoms with Gasteiger partial charge in [-0.3, -0.25) is 4.79 Å². The third-order valence-corrected chi connectivity index (χ3v) is 4.00. The second kappa shape index (κ2) is 5.09. The van der Waals surface area contributed by atoms with Crippen molar-refractivity contribution in [3.05, 3.63) is 48.0 Å². The zero-order valence-corrected chi connectivity index (χ0v) is 11.4. The molecule has 0 spiro atoms. The van der Waals surface area contributed by atoms with Gasteiger partial charge in [-0.25, -0.2) is 0 Å². The minimum atomic E-state index is 0.181. The Morgan fingerprint density at radius 1 is 1.39 bits per heavy atom. The Morgan fingerprint density at radius 2 is 2.06 bits per heavy atom. The second-order valence-corrected chi connectivity index (χ2v) is 6.12. The molecule has 0 heterocycles. The van der Waals surface area contributed by atoms with Gasteiger partial charge in [0.05, 0.1) is 0 Å². The number of rotatable bonds is 3. The van der Waals surface area contributed by atoms with E-state index in [9.17, 15) is 4.79 Å². The lowest BCUT2D eigenvalue weighted by Gasteiger charge is -2.38. The molecule has 1 aliphatic rings. The molecule has 2 rings (SSSR count). The van der Waals surface area contributed by atoms with Gasteiger partial charge in [-0.2, -0.15) is 0 Å². The fourth-order valence-electron chi connectivity index (χ4n) is 3.27. The van der Waals surface area contributed by atoms with Crippen molar-refractivity contribution in [1.82, 2.24) is 0 Å². The van der Waals surface area contributed by atoms with Gasteiger partial charge in [0.25, 0.3) is 0 Å². The molecule has 1 saturated carbocycles. The van der Waals surface area contributed by atoms with Crippen LogP contribution in [0.2, 0.25) is 0 Å². The van der Waals surface area contributed by atoms with E-state index in [-0.39, 0.29) is 11.3 Å². The summed E-state index contributed by atoms with van der Waals surface area (Å²) in [5.74, 6) is 0.495. The molecule has 96 valence electrons. The van der Waals surface area contributed by atoms with E-state index in [4.69, 9.17) is 0 Å². The van der Waals surface area contributed by atoms with E-state index in [2.05, 4.69) is 37.8 Å². The largest absolute Gasteiger partial charge is 0.300 e. The van der Waals surface area contributed by atoms with Gasteiger partial charge in [-0.1, -0.05) is 49.4 Å². The zero-order chi connectivity index (χ0) is 13.2. The molecular weight excluding hydrogens is 220 g/mol. The van der Waals surface area contributed by atoms with Crippen LogP contribution in [0.4, 0.5) is 0 Å². The van der Waals surface area contributed by atoms with Crippen LogP contribution in [-0.4, -0.2) is 5.78 Å². The fourth-order valence-corrected chi connectivity index (χ4v) is 3.27. The molecule has 2 unspecified atom stereocenters. The Hall–Kier alpha value is -1.37. The van der Waals surface area contributed by atoms with Crippen molar-refractivity contribution in [2.24, 2.45) is 11.3 Å². The first-order chi connectivity index (χ1) is 8.48. The number of benzene rings is 1. The third-order valence-electron chi connectivity index (χ3n) is 4.00. The number of hydrogen-bond donors (Lipinski definition) is 0. The summed E-state index contributed by atoms with van der Waals surface area (Å²) in [6.07, 6.45) is 3.97. The summed E-state index contributed by atoms with van der Waals surface area (Å²) in [5.41, 5.74) is 2.78. The van der Waals surface area contributed by atoms with Gasteiger partial charge in [-0.15, -0.1) is 0 Å². The summed E-state index contributed by atoms with van der Waals surface area (Å²) in [6.45, 7) is 8.14. The number of hydrogen-bond acceptors (Lipinski definition) is 1. The van der Waals surface area contributed by atoms with Crippen molar-refractivity contribution in [2.45, 2.75) is 39.5 Å². The summed E-state index contributed by atoms with van der Waals surface area (Å²) in [5, 5.41) is 0. The molecule has 0 radical (unpaired) electrons. The van der Waals surface area contributed by atoms with Crippen molar-refractivity contribution in [3.63, 3.8) is 0 Å². The van der Waals surface area contributed by atoms with Crippen LogP contribution >= 0.6 is 0 Å². The smallest absolute Gasteiger partial charge is 0.133 e. The van der Waals surface area contributed by atoms with Gasteiger partial charge < -0.3 is 0 Å². The van der Waals surface area contributed by atoms with E-state index >= 15 is 0 Å². The van der Waals surface area contributed by atoms with Crippen molar-refractivity contribution in [3.8, 4) is 0 Å². The molecule has 0 aromatic heterocycles. The molecule has 1 aliphatic carbocycles. The van der Waals surface area contributed by atoms with Crippen LogP contribution in [0.5, 0.6) is 0 Å². The summed E-state index contributed by atoms with van der Waals surface area (Å²) in [6, 6.07) is 10.6. The molecule has 18 heavy (non-hydrogen) atoms. The maximum atomic E-state index is 11.6. The zero-order valence-electron chi connectivity index (χ0n) is 11.4.